The van der Waals surface area contributed by atoms with Crippen molar-refractivity contribution in [1.29, 1.82) is 0 Å². The fourth-order valence-corrected chi connectivity index (χ4v) is 10.8. The molecule has 7 atom stereocenters. The molecule has 2 saturated heterocycles. The lowest BCUT2D eigenvalue weighted by atomic mass is 9.80. The Kier molecular flexibility index (Phi) is 17.0. The van der Waals surface area contributed by atoms with Gasteiger partial charge in [0.25, 0.3) is 17.2 Å². The first-order valence-electron chi connectivity index (χ1n) is 24.3. The number of carbonyl (C=O) groups is 1. The molecule has 3 N–H and O–H groups in total. The number of H-pyrrole nitrogens is 1. The van der Waals surface area contributed by atoms with Crippen LogP contribution >= 0.6 is 6.72 Å². The maximum absolute atomic E-state index is 13.5. The van der Waals surface area contributed by atoms with Crippen LogP contribution in [-0.2, 0) is 45.3 Å². The molecule has 1 amide bonds. The van der Waals surface area contributed by atoms with Gasteiger partial charge in [-0.15, -0.1) is 0 Å². The molecule has 7 aromatic rings. The molecule has 2 aliphatic heterocycles. The number of hydrogen-bond acceptors (Lipinski definition) is 18. The van der Waals surface area contributed by atoms with Crippen LogP contribution in [0.2, 0.25) is 0 Å². The Morgan fingerprint density at radius 3 is 2.06 bits per heavy atom. The van der Waals surface area contributed by atoms with Crippen molar-refractivity contribution >= 4 is 42.2 Å². The molecule has 22 nitrogen and oxygen atoms in total. The van der Waals surface area contributed by atoms with Gasteiger partial charge in [0.2, 0.25) is 0 Å². The van der Waals surface area contributed by atoms with E-state index >= 15 is 0 Å². The van der Waals surface area contributed by atoms with Crippen molar-refractivity contribution in [2.75, 3.05) is 32.8 Å². The third-order valence-electron chi connectivity index (χ3n) is 13.0. The number of aromatic nitrogens is 4. The van der Waals surface area contributed by atoms with E-state index in [1.807, 2.05) is 78.9 Å². The van der Waals surface area contributed by atoms with E-state index in [1.54, 1.807) is 51.5 Å². The average Bonchev–Trinajstić information content (AvgIpc) is 4.10. The molecule has 0 aliphatic carbocycles. The third kappa shape index (κ3) is 12.4. The Morgan fingerprint density at radius 2 is 1.45 bits per heavy atom. The predicted octanol–water partition coefficient (Wildman–Crippen LogP) is 6.90. The second-order valence-electron chi connectivity index (χ2n) is 18.0. The maximum Gasteiger partial charge on any atom is 0.402 e. The molecule has 0 spiro atoms. The molecule has 1 unspecified atom stereocenters. The summed E-state index contributed by atoms with van der Waals surface area (Å²) in [4.78, 5) is 69.3. The van der Waals surface area contributed by atoms with Crippen LogP contribution in [0.4, 0.5) is 11.5 Å². The lowest BCUT2D eigenvalue weighted by Crippen LogP contribution is -2.38. The van der Waals surface area contributed by atoms with Crippen molar-refractivity contribution in [3.8, 4) is 11.5 Å². The lowest BCUT2D eigenvalue weighted by Gasteiger charge is -2.37. The van der Waals surface area contributed by atoms with Crippen LogP contribution in [0, 0.1) is 17.0 Å². The SMILES string of the molecule is COc1ccc(C(OC[C@H]2O[C@@H](n3cc(C)c(=O)[nH]c3=O)C[C@@H]2OP(=S)(OC[C@H]2O[C@@H](n3ccc(NC(=O)c4ccccc4)nc3=O)C[C@@H]2O)O/N=C/c2ccc([N+](=O)[O-])cc2)(c2ccccc2)c2ccc(OC)cc2)cc1. The third-order valence-corrected chi connectivity index (χ3v) is 15.1. The molecule has 9 rings (SSSR count). The van der Waals surface area contributed by atoms with Gasteiger partial charge in [-0.1, -0.05) is 78.0 Å². The fraction of sp³-hybridized carbons (Fsp3) is 0.259. The minimum atomic E-state index is -4.19. The van der Waals surface area contributed by atoms with E-state index in [4.69, 9.17) is 49.2 Å². The smallest absolute Gasteiger partial charge is 0.402 e. The summed E-state index contributed by atoms with van der Waals surface area (Å²) in [6.45, 7) is -3.35. The zero-order chi connectivity index (χ0) is 55.0. The lowest BCUT2D eigenvalue weighted by molar-refractivity contribution is -0.384. The molecule has 2 aliphatic rings. The number of rotatable bonds is 21. The number of anilines is 1. The standard InChI is InChI=1S/C54H52N7O15PS/c1-34-31-60(53(66)58-50(34)63)49-29-44(46(74-49)32-71-54(37-12-8-5-9-13-37,38-16-22-41(69-2)23-17-38)39-18-24-42(70-3)25-19-39)75-77(78,76-55-30-35-14-20-40(21-15-35)61(67)68)72-33-45-43(62)28-48(73-45)59-27-26-47(57-52(59)65)56-51(64)36-10-6-4-7-11-36/h4-27,30-31,43-46,48-49,62H,28-29,32-33H2,1-3H3,(H,58,63,66)(H,56,57,64,65)/b55-30+/t43-,44-,45+,46+,48+,49+,77?/m0/s1. The molecule has 404 valence electrons. The summed E-state index contributed by atoms with van der Waals surface area (Å²) < 4.78 is 52.5. The Hall–Kier alpha value is -7.99. The summed E-state index contributed by atoms with van der Waals surface area (Å²) in [5.74, 6) is 0.740. The van der Waals surface area contributed by atoms with Gasteiger partial charge in [0.1, 0.15) is 53.7 Å². The number of aryl methyl sites for hydroxylation is 1. The van der Waals surface area contributed by atoms with Crippen LogP contribution in [-0.4, -0.2) is 93.1 Å². The number of nitrogens with zero attached hydrogens (tertiary/aromatic N) is 5. The molecule has 2 aromatic heterocycles. The minimum absolute atomic E-state index is 0.00224. The molecule has 4 heterocycles. The number of nitrogens with one attached hydrogen (secondary N) is 2. The second kappa shape index (κ2) is 24.1. The first kappa shape index (κ1) is 54.8. The van der Waals surface area contributed by atoms with E-state index in [1.165, 1.54) is 53.5 Å². The zero-order valence-electron chi connectivity index (χ0n) is 42.1. The summed E-state index contributed by atoms with van der Waals surface area (Å²) in [6.07, 6.45) is -2.79. The van der Waals surface area contributed by atoms with Crippen LogP contribution in [0.15, 0.2) is 171 Å². The second-order valence-corrected chi connectivity index (χ2v) is 20.8. The maximum atomic E-state index is 13.5. The number of oxime groups is 1. The monoisotopic (exact) mass is 1100 g/mol. The fourth-order valence-electron chi connectivity index (χ4n) is 8.96. The van der Waals surface area contributed by atoms with Gasteiger partial charge in [0.05, 0.1) is 44.7 Å². The Balaban J connectivity index is 1.03. The van der Waals surface area contributed by atoms with E-state index < -0.39 is 83.6 Å². The normalized spacial score (nSPS) is 20.0. The largest absolute Gasteiger partial charge is 0.497 e. The van der Waals surface area contributed by atoms with Gasteiger partial charge in [-0.05, 0) is 83.8 Å². The van der Waals surface area contributed by atoms with Crippen molar-refractivity contribution in [3.63, 3.8) is 0 Å². The predicted molar refractivity (Wildman–Crippen MR) is 287 cm³/mol. The summed E-state index contributed by atoms with van der Waals surface area (Å²) in [5, 5.41) is 29.4. The molecule has 0 radical (unpaired) electrons. The van der Waals surface area contributed by atoms with E-state index in [9.17, 15) is 34.4 Å². The zero-order valence-corrected chi connectivity index (χ0v) is 43.8. The molecule has 5 aromatic carbocycles. The Bertz CT molecular complexity index is 3450. The van der Waals surface area contributed by atoms with Crippen molar-refractivity contribution in [2.24, 2.45) is 5.16 Å². The van der Waals surface area contributed by atoms with Gasteiger partial charge in [0.15, 0.2) is 0 Å². The number of nitro benzene ring substituents is 1. The number of aromatic amines is 1. The molecule has 78 heavy (non-hydrogen) atoms. The summed E-state index contributed by atoms with van der Waals surface area (Å²) >= 11 is 6.08. The number of benzene rings is 5. The number of amides is 1. The number of aliphatic hydroxyl groups is 1. The summed E-state index contributed by atoms with van der Waals surface area (Å²) in [7, 11) is 3.13. The van der Waals surface area contributed by atoms with Crippen LogP contribution in [0.25, 0.3) is 0 Å². The first-order chi connectivity index (χ1) is 37.6. The first-order valence-corrected chi connectivity index (χ1v) is 26.9. The van der Waals surface area contributed by atoms with Crippen molar-refractivity contribution in [2.45, 2.75) is 62.2 Å². The molecular formula is C54H52N7O15PS. The highest BCUT2D eigenvalue weighted by Gasteiger charge is 2.46. The van der Waals surface area contributed by atoms with Gasteiger partial charge in [0, 0.05) is 60.3 Å². The molecule has 0 saturated carbocycles. The van der Waals surface area contributed by atoms with Gasteiger partial charge in [-0.3, -0.25) is 42.9 Å². The van der Waals surface area contributed by atoms with Crippen molar-refractivity contribution < 1.29 is 52.2 Å². The average molecular weight is 1100 g/mol. The van der Waals surface area contributed by atoms with E-state index in [0.717, 1.165) is 10.1 Å². The molecular weight excluding hydrogens is 1050 g/mol. The van der Waals surface area contributed by atoms with Crippen molar-refractivity contribution in [1.82, 2.24) is 19.1 Å². The quantitative estimate of drug-likeness (QED) is 0.0217. The number of hydrogen-bond donors (Lipinski definition) is 3. The molecule has 0 bridgehead atoms. The summed E-state index contributed by atoms with van der Waals surface area (Å²) in [5.41, 5.74) is -0.492. The van der Waals surface area contributed by atoms with Gasteiger partial charge in [-0.25, -0.2) is 9.59 Å². The number of carbonyl (C=O) groups excluding carboxylic acids is 1. The molecule has 2 fully saturated rings. The highest BCUT2D eigenvalue weighted by atomic mass is 32.5. The Labute approximate surface area is 450 Å². The van der Waals surface area contributed by atoms with Gasteiger partial charge < -0.3 is 38.7 Å². The van der Waals surface area contributed by atoms with Crippen LogP contribution in [0.1, 0.15) is 63.5 Å². The van der Waals surface area contributed by atoms with E-state index in [0.29, 0.717) is 33.8 Å². The van der Waals surface area contributed by atoms with Crippen LogP contribution < -0.4 is 31.7 Å². The number of ether oxygens (including phenoxy) is 5. The highest BCUT2D eigenvalue weighted by molar-refractivity contribution is 8.07. The molecule has 24 heteroatoms. The van der Waals surface area contributed by atoms with Gasteiger partial charge >= 0.3 is 18.1 Å². The topological polar surface area (TPSA) is 268 Å². The summed E-state index contributed by atoms with van der Waals surface area (Å²) in [6, 6.07) is 39.5. The number of methoxy groups -OCH3 is 2. The van der Waals surface area contributed by atoms with Gasteiger partial charge in [-0.2, -0.15) is 4.98 Å². The van der Waals surface area contributed by atoms with Crippen LogP contribution in [0.3, 0.4) is 0 Å². The van der Waals surface area contributed by atoms with E-state index in [-0.39, 0.29) is 36.5 Å². The number of nitro groups is 1. The number of aliphatic hydroxyl groups excluding tert-OH is 1. The highest BCUT2D eigenvalue weighted by Crippen LogP contribution is 2.55. The number of non-ortho nitro benzene ring substituents is 1. The Morgan fingerprint density at radius 1 is 0.846 bits per heavy atom. The minimum Gasteiger partial charge on any atom is -0.497 e. The van der Waals surface area contributed by atoms with E-state index in [2.05, 4.69) is 20.4 Å². The van der Waals surface area contributed by atoms with Crippen molar-refractivity contribution in [3.05, 3.63) is 227 Å². The van der Waals surface area contributed by atoms with Crippen LogP contribution in [0.5, 0.6) is 11.5 Å².